The largest absolute Gasteiger partial charge is 0.312 e. The second-order valence-corrected chi connectivity index (χ2v) is 7.33. The molecular formula is C14H17FN2O2S2. The molecular weight excluding hydrogens is 311 g/mol. The Kier molecular flexibility index (Phi) is 4.97. The zero-order valence-electron chi connectivity index (χ0n) is 11.8. The molecule has 114 valence electrons. The first-order chi connectivity index (χ1) is 9.90. The van der Waals surface area contributed by atoms with Crippen molar-refractivity contribution in [1.82, 2.24) is 5.32 Å². The van der Waals surface area contributed by atoms with Crippen LogP contribution in [0.1, 0.15) is 17.4 Å². The Morgan fingerprint density at radius 2 is 2.00 bits per heavy atom. The van der Waals surface area contributed by atoms with Crippen molar-refractivity contribution in [3.8, 4) is 0 Å². The Balaban J connectivity index is 2.19. The molecule has 0 spiro atoms. The van der Waals surface area contributed by atoms with E-state index in [2.05, 4.69) is 10.0 Å². The molecule has 2 rings (SSSR count). The predicted octanol–water partition coefficient (Wildman–Crippen LogP) is 3.11. The molecule has 0 aliphatic heterocycles. The highest BCUT2D eigenvalue weighted by Crippen LogP contribution is 2.23. The zero-order valence-corrected chi connectivity index (χ0v) is 13.4. The number of sulfonamides is 1. The van der Waals surface area contributed by atoms with Gasteiger partial charge in [0.05, 0.1) is 10.6 Å². The van der Waals surface area contributed by atoms with Gasteiger partial charge in [-0.15, -0.1) is 11.3 Å². The summed E-state index contributed by atoms with van der Waals surface area (Å²) in [6, 6.07) is 5.72. The summed E-state index contributed by atoms with van der Waals surface area (Å²) in [4.78, 5) is 1.13. The maximum absolute atomic E-state index is 13.3. The van der Waals surface area contributed by atoms with E-state index in [1.54, 1.807) is 24.4 Å². The third-order valence-electron chi connectivity index (χ3n) is 2.78. The van der Waals surface area contributed by atoms with Crippen LogP contribution in [0.2, 0.25) is 0 Å². The molecule has 2 N–H and O–H groups in total. The van der Waals surface area contributed by atoms with Crippen molar-refractivity contribution in [3.63, 3.8) is 0 Å². The average Bonchev–Trinajstić information content (AvgIpc) is 2.84. The fraction of sp³-hybridized carbons (Fsp3) is 0.286. The maximum atomic E-state index is 13.3. The van der Waals surface area contributed by atoms with Gasteiger partial charge in [0, 0.05) is 16.8 Å². The lowest BCUT2D eigenvalue weighted by molar-refractivity contribution is 0.601. The summed E-state index contributed by atoms with van der Waals surface area (Å²) >= 11 is 1.38. The van der Waals surface area contributed by atoms with Crippen molar-refractivity contribution in [1.29, 1.82) is 0 Å². The Morgan fingerprint density at radius 1 is 1.24 bits per heavy atom. The number of hydrogen-bond acceptors (Lipinski definition) is 4. The van der Waals surface area contributed by atoms with Crippen LogP contribution in [0.15, 0.2) is 34.5 Å². The van der Waals surface area contributed by atoms with Crippen molar-refractivity contribution in [2.75, 3.05) is 11.3 Å². The second kappa shape index (κ2) is 6.55. The quantitative estimate of drug-likeness (QED) is 0.856. The number of thiophene rings is 1. The lowest BCUT2D eigenvalue weighted by Crippen LogP contribution is -2.13. The normalized spacial score (nSPS) is 11.6. The number of hydrogen-bond donors (Lipinski definition) is 2. The van der Waals surface area contributed by atoms with E-state index < -0.39 is 15.8 Å². The fourth-order valence-electron chi connectivity index (χ4n) is 1.85. The van der Waals surface area contributed by atoms with Gasteiger partial charge in [0.15, 0.2) is 0 Å². The minimum Gasteiger partial charge on any atom is -0.312 e. The zero-order chi connectivity index (χ0) is 15.5. The Morgan fingerprint density at radius 3 is 2.67 bits per heavy atom. The lowest BCUT2D eigenvalue weighted by atomic mass is 10.2. The van der Waals surface area contributed by atoms with E-state index in [0.29, 0.717) is 12.1 Å². The van der Waals surface area contributed by atoms with Gasteiger partial charge in [-0.3, -0.25) is 4.72 Å². The smallest absolute Gasteiger partial charge is 0.262 e. The molecule has 0 saturated carbocycles. The van der Waals surface area contributed by atoms with E-state index in [1.165, 1.54) is 17.4 Å². The molecule has 1 aromatic heterocycles. The number of halogens is 1. The number of nitrogens with one attached hydrogen (secondary N) is 2. The van der Waals surface area contributed by atoms with Crippen LogP contribution in [-0.2, 0) is 16.6 Å². The number of rotatable bonds is 6. The number of aryl methyl sites for hydroxylation is 1. The monoisotopic (exact) mass is 328 g/mol. The highest BCUT2D eigenvalue weighted by Gasteiger charge is 2.16. The van der Waals surface area contributed by atoms with E-state index in [-0.39, 0.29) is 10.6 Å². The van der Waals surface area contributed by atoms with Gasteiger partial charge >= 0.3 is 0 Å². The summed E-state index contributed by atoms with van der Waals surface area (Å²) in [5.74, 6) is -0.467. The minimum absolute atomic E-state index is 0.197. The standard InChI is InChI=1S/C14H17FN2O2S2/c1-3-16-8-13-7-14(9-20-13)21(18,19)17-12-5-10(2)4-11(15)6-12/h4-7,9,16-17H,3,8H2,1-2H3. The van der Waals surface area contributed by atoms with Crippen molar-refractivity contribution >= 4 is 27.0 Å². The molecule has 1 aromatic carbocycles. The second-order valence-electron chi connectivity index (χ2n) is 4.65. The van der Waals surface area contributed by atoms with Crippen LogP contribution in [0.5, 0.6) is 0 Å². The summed E-state index contributed by atoms with van der Waals surface area (Å²) in [5, 5.41) is 4.72. The van der Waals surface area contributed by atoms with Gasteiger partial charge in [-0.25, -0.2) is 12.8 Å². The molecule has 7 heteroatoms. The van der Waals surface area contributed by atoms with Gasteiger partial charge in [-0.1, -0.05) is 6.92 Å². The van der Waals surface area contributed by atoms with Gasteiger partial charge in [-0.05, 0) is 43.3 Å². The molecule has 2 aromatic rings. The highest BCUT2D eigenvalue weighted by atomic mass is 32.2. The fourth-order valence-corrected chi connectivity index (χ4v) is 4.14. The van der Waals surface area contributed by atoms with E-state index in [0.717, 1.165) is 17.5 Å². The molecule has 0 amide bonds. The van der Waals surface area contributed by atoms with Gasteiger partial charge in [-0.2, -0.15) is 0 Å². The van der Waals surface area contributed by atoms with Crippen LogP contribution >= 0.6 is 11.3 Å². The third-order valence-corrected chi connectivity index (χ3v) is 5.23. The lowest BCUT2D eigenvalue weighted by Gasteiger charge is -2.07. The Bertz CT molecular complexity index is 706. The van der Waals surface area contributed by atoms with Crippen molar-refractivity contribution < 1.29 is 12.8 Å². The Labute approximate surface area is 128 Å². The molecule has 4 nitrogen and oxygen atoms in total. The number of anilines is 1. The Hall–Kier alpha value is -1.44. The van der Waals surface area contributed by atoms with Crippen LogP contribution in [0, 0.1) is 12.7 Å². The minimum atomic E-state index is -3.69. The SMILES string of the molecule is CCNCc1cc(S(=O)(=O)Nc2cc(C)cc(F)c2)cs1. The van der Waals surface area contributed by atoms with Crippen LogP contribution < -0.4 is 10.0 Å². The van der Waals surface area contributed by atoms with Crippen LogP contribution in [0.25, 0.3) is 0 Å². The molecule has 0 aliphatic carbocycles. The molecule has 0 atom stereocenters. The molecule has 0 aliphatic rings. The summed E-state index contributed by atoms with van der Waals surface area (Å²) < 4.78 is 40.2. The topological polar surface area (TPSA) is 58.2 Å². The van der Waals surface area contributed by atoms with Gasteiger partial charge in [0.1, 0.15) is 5.82 Å². The van der Waals surface area contributed by atoms with E-state index in [9.17, 15) is 12.8 Å². The molecule has 1 heterocycles. The highest BCUT2D eigenvalue weighted by molar-refractivity contribution is 7.92. The molecule has 0 radical (unpaired) electrons. The molecule has 21 heavy (non-hydrogen) atoms. The van der Waals surface area contributed by atoms with Crippen LogP contribution in [-0.4, -0.2) is 15.0 Å². The molecule has 0 saturated heterocycles. The van der Waals surface area contributed by atoms with Gasteiger partial charge in [0.2, 0.25) is 0 Å². The van der Waals surface area contributed by atoms with Gasteiger partial charge < -0.3 is 5.32 Å². The van der Waals surface area contributed by atoms with Crippen molar-refractivity contribution in [2.24, 2.45) is 0 Å². The summed E-state index contributed by atoms with van der Waals surface area (Å²) in [6.07, 6.45) is 0. The maximum Gasteiger partial charge on any atom is 0.262 e. The first-order valence-electron chi connectivity index (χ1n) is 6.49. The first kappa shape index (κ1) is 15.9. The van der Waals surface area contributed by atoms with Crippen LogP contribution in [0.3, 0.4) is 0 Å². The average molecular weight is 328 g/mol. The van der Waals surface area contributed by atoms with E-state index >= 15 is 0 Å². The predicted molar refractivity (Wildman–Crippen MR) is 83.6 cm³/mol. The van der Waals surface area contributed by atoms with Crippen molar-refractivity contribution in [3.05, 3.63) is 45.9 Å². The van der Waals surface area contributed by atoms with Gasteiger partial charge in [0.25, 0.3) is 10.0 Å². The number of benzene rings is 1. The summed E-state index contributed by atoms with van der Waals surface area (Å²) in [5.41, 5.74) is 0.887. The molecule has 0 unspecified atom stereocenters. The molecule has 0 bridgehead atoms. The van der Waals surface area contributed by atoms with E-state index in [4.69, 9.17) is 0 Å². The summed E-state index contributed by atoms with van der Waals surface area (Å²) in [6.45, 7) is 5.15. The first-order valence-corrected chi connectivity index (χ1v) is 8.85. The van der Waals surface area contributed by atoms with E-state index in [1.807, 2.05) is 6.92 Å². The summed E-state index contributed by atoms with van der Waals surface area (Å²) in [7, 11) is -3.69. The third kappa shape index (κ3) is 4.26. The van der Waals surface area contributed by atoms with Crippen LogP contribution in [0.4, 0.5) is 10.1 Å². The molecule has 0 fully saturated rings. The van der Waals surface area contributed by atoms with Crippen molar-refractivity contribution in [2.45, 2.75) is 25.3 Å².